The Balaban J connectivity index is 1.71. The van der Waals surface area contributed by atoms with E-state index in [1.165, 1.54) is 24.5 Å². The number of hydrogen-bond donors (Lipinski definition) is 2. The maximum atomic E-state index is 12.9. The zero-order chi connectivity index (χ0) is 22.7. The second-order valence-corrected chi connectivity index (χ2v) is 7.68. The van der Waals surface area contributed by atoms with Gasteiger partial charge in [0.05, 0.1) is 16.4 Å². The summed E-state index contributed by atoms with van der Waals surface area (Å²) in [5.74, 6) is -1.03. The average Bonchev–Trinajstić information content (AvgIpc) is 3.15. The van der Waals surface area contributed by atoms with Gasteiger partial charge in [-0.3, -0.25) is 25.4 Å². The first-order chi connectivity index (χ1) is 15.5. The highest BCUT2D eigenvalue weighted by molar-refractivity contribution is 6.35. The molecule has 2 amide bonds. The molecule has 32 heavy (non-hydrogen) atoms. The van der Waals surface area contributed by atoms with Crippen LogP contribution in [0.5, 0.6) is 0 Å². The first-order valence-electron chi connectivity index (χ1n) is 9.57. The summed E-state index contributed by atoms with van der Waals surface area (Å²) in [4.78, 5) is 29.0. The monoisotopic (exact) mass is 465 g/mol. The van der Waals surface area contributed by atoms with Crippen LogP contribution in [0.25, 0.3) is 16.9 Å². The van der Waals surface area contributed by atoms with Crippen molar-refractivity contribution in [3.63, 3.8) is 0 Å². The lowest BCUT2D eigenvalue weighted by Gasteiger charge is -2.10. The van der Waals surface area contributed by atoms with Gasteiger partial charge in [0, 0.05) is 34.1 Å². The van der Waals surface area contributed by atoms with Crippen LogP contribution in [0.2, 0.25) is 10.0 Å². The van der Waals surface area contributed by atoms with Crippen LogP contribution in [0.15, 0.2) is 73.1 Å². The van der Waals surface area contributed by atoms with Gasteiger partial charge in [-0.1, -0.05) is 53.5 Å². The molecule has 4 rings (SSSR count). The van der Waals surface area contributed by atoms with Crippen molar-refractivity contribution in [2.24, 2.45) is 0 Å². The van der Waals surface area contributed by atoms with E-state index in [-0.39, 0.29) is 5.69 Å². The quantitative estimate of drug-likeness (QED) is 0.430. The SMILES string of the molecule is Cc1c(C(=O)NNC(=O)c2ccncc2)nn(-c2ccc(Cl)cc2Cl)c1-c1ccccc1. The van der Waals surface area contributed by atoms with E-state index in [0.29, 0.717) is 32.6 Å². The summed E-state index contributed by atoms with van der Waals surface area (Å²) in [6.07, 6.45) is 2.98. The molecule has 0 bridgehead atoms. The van der Waals surface area contributed by atoms with Gasteiger partial charge >= 0.3 is 0 Å². The smallest absolute Gasteiger partial charge is 0.267 e. The van der Waals surface area contributed by atoms with E-state index in [2.05, 4.69) is 20.9 Å². The third-order valence-electron chi connectivity index (χ3n) is 4.75. The minimum atomic E-state index is -0.564. The molecule has 0 unspecified atom stereocenters. The standard InChI is InChI=1S/C23H17Cl2N5O2/c1-14-20(23(32)28-27-22(31)16-9-11-26-12-10-16)29-30(19-8-7-17(24)13-18(19)25)21(14)15-5-3-2-4-6-15/h2-13H,1H3,(H,27,31)(H,28,32). The van der Waals surface area contributed by atoms with E-state index >= 15 is 0 Å². The van der Waals surface area contributed by atoms with Gasteiger partial charge < -0.3 is 0 Å². The molecule has 2 aromatic heterocycles. The van der Waals surface area contributed by atoms with Crippen LogP contribution >= 0.6 is 23.2 Å². The summed E-state index contributed by atoms with van der Waals surface area (Å²) in [5.41, 5.74) is 8.05. The number of nitrogens with zero attached hydrogens (tertiary/aromatic N) is 3. The molecule has 0 spiro atoms. The Hall–Kier alpha value is -3.68. The van der Waals surface area contributed by atoms with Gasteiger partial charge in [-0.15, -0.1) is 0 Å². The minimum Gasteiger partial charge on any atom is -0.267 e. The number of hydrogen-bond acceptors (Lipinski definition) is 4. The Labute approximate surface area is 194 Å². The number of carbonyl (C=O) groups excluding carboxylic acids is 2. The maximum absolute atomic E-state index is 12.9. The van der Waals surface area contributed by atoms with Crippen LogP contribution in [-0.2, 0) is 0 Å². The van der Waals surface area contributed by atoms with Gasteiger partial charge in [-0.25, -0.2) is 4.68 Å². The van der Waals surface area contributed by atoms with Gasteiger partial charge in [0.15, 0.2) is 5.69 Å². The van der Waals surface area contributed by atoms with Crippen LogP contribution < -0.4 is 10.9 Å². The molecule has 2 aromatic carbocycles. The van der Waals surface area contributed by atoms with Crippen LogP contribution in [0.4, 0.5) is 0 Å². The van der Waals surface area contributed by atoms with Gasteiger partial charge in [0.1, 0.15) is 0 Å². The zero-order valence-corrected chi connectivity index (χ0v) is 18.4. The van der Waals surface area contributed by atoms with Crippen molar-refractivity contribution in [3.05, 3.63) is 99.9 Å². The summed E-state index contributed by atoms with van der Waals surface area (Å²) in [5, 5.41) is 5.38. The fraction of sp³-hybridized carbons (Fsp3) is 0.0435. The highest BCUT2D eigenvalue weighted by Gasteiger charge is 2.23. The molecule has 0 saturated heterocycles. The lowest BCUT2D eigenvalue weighted by molar-refractivity contribution is 0.0843. The molecule has 2 heterocycles. The molecule has 0 aliphatic rings. The number of rotatable bonds is 4. The Morgan fingerprint density at radius 1 is 0.906 bits per heavy atom. The van der Waals surface area contributed by atoms with Crippen molar-refractivity contribution in [1.29, 1.82) is 0 Å². The predicted octanol–water partition coefficient (Wildman–Crippen LogP) is 4.62. The molecule has 0 atom stereocenters. The highest BCUT2D eigenvalue weighted by Crippen LogP contribution is 2.32. The van der Waals surface area contributed by atoms with Crippen LogP contribution in [0.3, 0.4) is 0 Å². The molecular formula is C23H17Cl2N5O2. The van der Waals surface area contributed by atoms with Gasteiger partial charge in [-0.05, 0) is 37.3 Å². The van der Waals surface area contributed by atoms with E-state index in [4.69, 9.17) is 23.2 Å². The Kier molecular flexibility index (Phi) is 6.20. The summed E-state index contributed by atoms with van der Waals surface area (Å²) in [6, 6.07) is 17.6. The Morgan fingerprint density at radius 3 is 2.28 bits per heavy atom. The molecule has 0 radical (unpaired) electrons. The van der Waals surface area contributed by atoms with Crippen molar-refractivity contribution in [1.82, 2.24) is 25.6 Å². The molecule has 0 aliphatic heterocycles. The van der Waals surface area contributed by atoms with Crippen LogP contribution in [0, 0.1) is 6.92 Å². The summed E-state index contributed by atoms with van der Waals surface area (Å²) < 4.78 is 1.60. The van der Waals surface area contributed by atoms with Crippen molar-refractivity contribution in [2.75, 3.05) is 0 Å². The lowest BCUT2D eigenvalue weighted by Crippen LogP contribution is -2.42. The number of amides is 2. The number of halogens is 2. The van der Waals surface area contributed by atoms with E-state index < -0.39 is 11.8 Å². The molecule has 7 nitrogen and oxygen atoms in total. The van der Waals surface area contributed by atoms with Crippen LogP contribution in [0.1, 0.15) is 26.4 Å². The third kappa shape index (κ3) is 4.34. The van der Waals surface area contributed by atoms with E-state index in [0.717, 1.165) is 5.56 Å². The van der Waals surface area contributed by atoms with Crippen molar-refractivity contribution >= 4 is 35.0 Å². The number of hydrazine groups is 1. The second-order valence-electron chi connectivity index (χ2n) is 6.84. The number of pyridine rings is 1. The molecule has 0 saturated carbocycles. The van der Waals surface area contributed by atoms with E-state index in [9.17, 15) is 9.59 Å². The summed E-state index contributed by atoms with van der Waals surface area (Å²) in [7, 11) is 0. The first-order valence-corrected chi connectivity index (χ1v) is 10.3. The molecule has 0 fully saturated rings. The molecule has 0 aliphatic carbocycles. The molecule has 160 valence electrons. The number of nitrogens with one attached hydrogen (secondary N) is 2. The second kappa shape index (κ2) is 9.21. The van der Waals surface area contributed by atoms with Crippen molar-refractivity contribution in [2.45, 2.75) is 6.92 Å². The minimum absolute atomic E-state index is 0.143. The van der Waals surface area contributed by atoms with Crippen molar-refractivity contribution < 1.29 is 9.59 Å². The number of benzene rings is 2. The van der Waals surface area contributed by atoms with Crippen molar-refractivity contribution in [3.8, 4) is 16.9 Å². The summed E-state index contributed by atoms with van der Waals surface area (Å²) in [6.45, 7) is 1.79. The highest BCUT2D eigenvalue weighted by atomic mass is 35.5. The Morgan fingerprint density at radius 2 is 1.59 bits per heavy atom. The van der Waals surface area contributed by atoms with Gasteiger partial charge in [0.25, 0.3) is 11.8 Å². The normalized spacial score (nSPS) is 10.6. The zero-order valence-electron chi connectivity index (χ0n) is 16.8. The molecule has 4 aromatic rings. The third-order valence-corrected chi connectivity index (χ3v) is 5.29. The molecule has 2 N–H and O–H groups in total. The average molecular weight is 466 g/mol. The summed E-state index contributed by atoms with van der Waals surface area (Å²) >= 11 is 12.5. The van der Waals surface area contributed by atoms with Crippen LogP contribution in [-0.4, -0.2) is 26.6 Å². The van der Waals surface area contributed by atoms with E-state index in [1.54, 1.807) is 29.8 Å². The number of aromatic nitrogens is 3. The van der Waals surface area contributed by atoms with Gasteiger partial charge in [0.2, 0.25) is 0 Å². The molecular weight excluding hydrogens is 449 g/mol. The lowest BCUT2D eigenvalue weighted by atomic mass is 10.1. The number of carbonyl (C=O) groups is 2. The fourth-order valence-corrected chi connectivity index (χ4v) is 3.71. The Bertz CT molecular complexity index is 1290. The first kappa shape index (κ1) is 21.5. The predicted molar refractivity (Wildman–Crippen MR) is 123 cm³/mol. The van der Waals surface area contributed by atoms with E-state index in [1.807, 2.05) is 30.3 Å². The topological polar surface area (TPSA) is 88.9 Å². The fourth-order valence-electron chi connectivity index (χ4n) is 3.22. The maximum Gasteiger partial charge on any atom is 0.290 e. The van der Waals surface area contributed by atoms with Gasteiger partial charge in [-0.2, -0.15) is 5.10 Å². The molecule has 9 heteroatoms. The largest absolute Gasteiger partial charge is 0.290 e.